The third-order valence-corrected chi connectivity index (χ3v) is 5.95. The van der Waals surface area contributed by atoms with Gasteiger partial charge >= 0.3 is 12.1 Å². The predicted molar refractivity (Wildman–Crippen MR) is 94.3 cm³/mol. The molecule has 0 radical (unpaired) electrons. The van der Waals surface area contributed by atoms with Crippen molar-refractivity contribution in [2.75, 3.05) is 13.1 Å². The molecule has 1 aromatic heterocycles. The Morgan fingerprint density at radius 1 is 1.31 bits per heavy atom. The molecule has 7 heteroatoms. The van der Waals surface area contributed by atoms with Crippen LogP contribution in [0.5, 0.6) is 0 Å². The van der Waals surface area contributed by atoms with Crippen molar-refractivity contribution in [3.63, 3.8) is 0 Å². The monoisotopic (exact) mass is 383 g/mol. The van der Waals surface area contributed by atoms with Gasteiger partial charge in [-0.3, -0.25) is 9.69 Å². The van der Waals surface area contributed by atoms with Crippen LogP contribution in [-0.4, -0.2) is 29.1 Å². The quantitative estimate of drug-likeness (QED) is 0.811. The van der Waals surface area contributed by atoms with E-state index in [1.165, 1.54) is 23.5 Å². The van der Waals surface area contributed by atoms with Crippen molar-refractivity contribution in [1.82, 2.24) is 4.90 Å². The molecule has 0 aliphatic carbocycles. The van der Waals surface area contributed by atoms with Gasteiger partial charge in [-0.05, 0) is 54.9 Å². The molecule has 0 saturated carbocycles. The molecule has 1 fully saturated rings. The van der Waals surface area contributed by atoms with E-state index in [4.69, 9.17) is 0 Å². The highest BCUT2D eigenvalue weighted by Gasteiger charge is 2.39. The summed E-state index contributed by atoms with van der Waals surface area (Å²) in [5.41, 5.74) is 0.460. The maximum Gasteiger partial charge on any atom is 0.416 e. The Bertz CT molecular complexity index is 787. The molecule has 1 aliphatic rings. The zero-order chi connectivity index (χ0) is 18.9. The lowest BCUT2D eigenvalue weighted by molar-refractivity contribution is -0.144. The molecule has 3 rings (SSSR count). The van der Waals surface area contributed by atoms with Gasteiger partial charge in [-0.25, -0.2) is 0 Å². The van der Waals surface area contributed by atoms with Crippen molar-refractivity contribution in [1.29, 1.82) is 0 Å². The van der Waals surface area contributed by atoms with Crippen molar-refractivity contribution >= 4 is 17.3 Å². The van der Waals surface area contributed by atoms with E-state index in [1.54, 1.807) is 6.07 Å². The lowest BCUT2D eigenvalue weighted by atomic mass is 9.91. The maximum absolute atomic E-state index is 13.6. The lowest BCUT2D eigenvalue weighted by Gasteiger charge is -2.38. The van der Waals surface area contributed by atoms with Gasteiger partial charge in [0.15, 0.2) is 0 Å². The van der Waals surface area contributed by atoms with Crippen molar-refractivity contribution in [2.45, 2.75) is 32.0 Å². The first-order chi connectivity index (χ1) is 12.3. The van der Waals surface area contributed by atoms with Crippen LogP contribution in [0.25, 0.3) is 0 Å². The van der Waals surface area contributed by atoms with Crippen molar-refractivity contribution in [2.24, 2.45) is 5.92 Å². The SMILES string of the molecule is Cc1ccsc1C(c1ccccc1C(F)(F)F)N1CCCC(C(=O)O)C1. The Balaban J connectivity index is 2.09. The smallest absolute Gasteiger partial charge is 0.416 e. The fourth-order valence-corrected chi connectivity index (χ4v) is 4.68. The highest BCUT2D eigenvalue weighted by atomic mass is 32.1. The summed E-state index contributed by atoms with van der Waals surface area (Å²) in [7, 11) is 0. The van der Waals surface area contributed by atoms with Crippen molar-refractivity contribution < 1.29 is 23.1 Å². The fourth-order valence-electron chi connectivity index (χ4n) is 3.60. The van der Waals surface area contributed by atoms with Crippen LogP contribution < -0.4 is 0 Å². The summed E-state index contributed by atoms with van der Waals surface area (Å²) in [6.45, 7) is 2.72. The maximum atomic E-state index is 13.6. The highest BCUT2D eigenvalue weighted by Crippen LogP contribution is 2.42. The molecule has 1 aliphatic heterocycles. The van der Waals surface area contributed by atoms with Crippen LogP contribution in [0, 0.1) is 12.8 Å². The van der Waals surface area contributed by atoms with Gasteiger partial charge in [-0.15, -0.1) is 11.3 Å². The standard InChI is InChI=1S/C19H20F3NO2S/c1-12-8-10-26-17(12)16(23-9-4-5-13(11-23)18(24)25)14-6-2-3-7-15(14)19(20,21)22/h2-3,6-8,10,13,16H,4-5,9,11H2,1H3,(H,24,25). The molecule has 0 spiro atoms. The van der Waals surface area contributed by atoms with E-state index in [9.17, 15) is 23.1 Å². The zero-order valence-corrected chi connectivity index (χ0v) is 15.1. The number of nitrogens with zero attached hydrogens (tertiary/aromatic N) is 1. The number of hydrogen-bond acceptors (Lipinski definition) is 3. The summed E-state index contributed by atoms with van der Waals surface area (Å²) in [4.78, 5) is 14.2. The average molecular weight is 383 g/mol. The highest BCUT2D eigenvalue weighted by molar-refractivity contribution is 7.10. The van der Waals surface area contributed by atoms with Gasteiger partial charge in [0, 0.05) is 11.4 Å². The molecule has 0 bridgehead atoms. The number of carboxylic acid groups (broad SMARTS) is 1. The number of halogens is 3. The molecule has 140 valence electrons. The minimum absolute atomic E-state index is 0.191. The van der Waals surface area contributed by atoms with Crippen molar-refractivity contribution in [3.8, 4) is 0 Å². The molecule has 2 unspecified atom stereocenters. The van der Waals surface area contributed by atoms with Crippen molar-refractivity contribution in [3.05, 3.63) is 57.3 Å². The topological polar surface area (TPSA) is 40.5 Å². The largest absolute Gasteiger partial charge is 0.481 e. The summed E-state index contributed by atoms with van der Waals surface area (Å²) < 4.78 is 40.8. The minimum atomic E-state index is -4.46. The molecule has 1 N–H and O–H groups in total. The number of rotatable bonds is 4. The second-order valence-corrected chi connectivity index (χ2v) is 7.58. The number of likely N-dealkylation sites (tertiary alicyclic amines) is 1. The average Bonchev–Trinajstić information content (AvgIpc) is 3.01. The van der Waals surface area contributed by atoms with E-state index >= 15 is 0 Å². The van der Waals surface area contributed by atoms with E-state index in [0.717, 1.165) is 16.5 Å². The van der Waals surface area contributed by atoms with Crippen LogP contribution in [0.1, 0.15) is 40.5 Å². The summed E-state index contributed by atoms with van der Waals surface area (Å²) in [5, 5.41) is 11.2. The lowest BCUT2D eigenvalue weighted by Crippen LogP contribution is -2.41. The van der Waals surface area contributed by atoms with Crippen LogP contribution >= 0.6 is 11.3 Å². The van der Waals surface area contributed by atoms with Gasteiger partial charge in [0.25, 0.3) is 0 Å². The van der Waals surface area contributed by atoms with Crippen LogP contribution in [0.15, 0.2) is 35.7 Å². The number of piperidine rings is 1. The number of aryl methyl sites for hydroxylation is 1. The third kappa shape index (κ3) is 3.78. The molecule has 1 saturated heterocycles. The third-order valence-electron chi connectivity index (χ3n) is 4.88. The molecular formula is C19H20F3NO2S. The van der Waals surface area contributed by atoms with E-state index < -0.39 is 29.7 Å². The molecular weight excluding hydrogens is 363 g/mol. The van der Waals surface area contributed by atoms with Crippen LogP contribution in [0.3, 0.4) is 0 Å². The molecule has 1 aromatic carbocycles. The molecule has 2 heterocycles. The Morgan fingerprint density at radius 3 is 2.65 bits per heavy atom. The van der Waals surface area contributed by atoms with Gasteiger partial charge in [0.05, 0.1) is 17.5 Å². The summed E-state index contributed by atoms with van der Waals surface area (Å²) >= 11 is 1.42. The Kier molecular flexibility index (Phi) is 5.39. The first-order valence-electron chi connectivity index (χ1n) is 8.46. The number of alkyl halides is 3. The van der Waals surface area contributed by atoms with Gasteiger partial charge in [-0.1, -0.05) is 18.2 Å². The Labute approximate surface area is 154 Å². The number of aliphatic carboxylic acids is 1. The van der Waals surface area contributed by atoms with Crippen LogP contribution in [0.4, 0.5) is 13.2 Å². The van der Waals surface area contributed by atoms with Gasteiger partial charge < -0.3 is 5.11 Å². The van der Waals surface area contributed by atoms with E-state index in [0.29, 0.717) is 19.4 Å². The second-order valence-electron chi connectivity index (χ2n) is 6.63. The zero-order valence-electron chi connectivity index (χ0n) is 14.3. The summed E-state index contributed by atoms with van der Waals surface area (Å²) in [6, 6.07) is 6.91. The van der Waals surface area contributed by atoms with Crippen LogP contribution in [-0.2, 0) is 11.0 Å². The van der Waals surface area contributed by atoms with E-state index in [-0.39, 0.29) is 12.1 Å². The molecule has 2 atom stereocenters. The summed E-state index contributed by atoms with van der Waals surface area (Å²) in [5.74, 6) is -1.44. The number of thiophene rings is 1. The van der Waals surface area contributed by atoms with Gasteiger partial charge in [0.2, 0.25) is 0 Å². The van der Waals surface area contributed by atoms with Crippen LogP contribution in [0.2, 0.25) is 0 Å². The normalized spacial score (nSPS) is 20.1. The predicted octanol–water partition coefficient (Wildman–Crippen LogP) is 4.96. The number of carbonyl (C=O) groups is 1. The van der Waals surface area contributed by atoms with Gasteiger partial charge in [0.1, 0.15) is 0 Å². The van der Waals surface area contributed by atoms with E-state index in [1.807, 2.05) is 23.3 Å². The first kappa shape index (κ1) is 18.9. The van der Waals surface area contributed by atoms with Gasteiger partial charge in [-0.2, -0.15) is 13.2 Å². The first-order valence-corrected chi connectivity index (χ1v) is 9.34. The molecule has 0 amide bonds. The molecule has 2 aromatic rings. The minimum Gasteiger partial charge on any atom is -0.481 e. The Hall–Kier alpha value is -1.86. The van der Waals surface area contributed by atoms with E-state index in [2.05, 4.69) is 0 Å². The number of carboxylic acids is 1. The number of hydrogen-bond donors (Lipinski definition) is 1. The fraction of sp³-hybridized carbons (Fsp3) is 0.421. The Morgan fingerprint density at radius 2 is 2.04 bits per heavy atom. The molecule has 26 heavy (non-hydrogen) atoms. The number of benzene rings is 1. The molecule has 3 nitrogen and oxygen atoms in total. The summed E-state index contributed by atoms with van der Waals surface area (Å²) in [6.07, 6.45) is -3.24. The second kappa shape index (κ2) is 7.40.